The highest BCUT2D eigenvalue weighted by atomic mass is 16.5. The first-order valence-corrected chi connectivity index (χ1v) is 11.9. The van der Waals surface area contributed by atoms with Gasteiger partial charge in [0, 0.05) is 18.8 Å². The van der Waals surface area contributed by atoms with E-state index in [0.29, 0.717) is 24.5 Å². The number of carboxylic acids is 2. The Hall–Kier alpha value is -5.11. The molecule has 0 saturated carbocycles. The number of nitrogens with zero attached hydrogens (tertiary/aromatic N) is 1. The van der Waals surface area contributed by atoms with Crippen LogP contribution in [0.3, 0.4) is 0 Å². The fourth-order valence-corrected chi connectivity index (χ4v) is 3.90. The molecule has 4 rings (SSSR count). The number of nitrogens with one attached hydrogen (secondary N) is 1. The van der Waals surface area contributed by atoms with E-state index in [-0.39, 0.29) is 11.1 Å². The maximum absolute atomic E-state index is 13.3. The van der Waals surface area contributed by atoms with E-state index in [1.54, 1.807) is 4.90 Å². The molecule has 0 saturated heterocycles. The standard InChI is InChI=1S/C30H26N2O6/c33-28(34)18-23-17-24(13-16-27(23)29(35)36)31-30(37)32(19-21-7-3-1-4-8-21)20-22-11-14-26(15-12-22)38-25-9-5-2-6-10-25/h1-17H,18-20H2,(H,31,37)(H,33,34)(H,35,36). The van der Waals surface area contributed by atoms with Crippen LogP contribution >= 0.6 is 0 Å². The van der Waals surface area contributed by atoms with Gasteiger partial charge in [-0.05, 0) is 59.2 Å². The van der Waals surface area contributed by atoms with Crippen LogP contribution in [0.2, 0.25) is 0 Å². The Labute approximate surface area is 219 Å². The van der Waals surface area contributed by atoms with Gasteiger partial charge >= 0.3 is 18.0 Å². The molecule has 0 fully saturated rings. The number of para-hydroxylation sites is 1. The number of ether oxygens (including phenoxy) is 1. The maximum Gasteiger partial charge on any atom is 0.335 e. The summed E-state index contributed by atoms with van der Waals surface area (Å²) in [7, 11) is 0. The van der Waals surface area contributed by atoms with Gasteiger partial charge in [-0.15, -0.1) is 0 Å². The Kier molecular flexibility index (Phi) is 8.35. The molecule has 8 heteroatoms. The number of hydrogen-bond acceptors (Lipinski definition) is 4. The summed E-state index contributed by atoms with van der Waals surface area (Å²) >= 11 is 0. The lowest BCUT2D eigenvalue weighted by atomic mass is 10.0. The van der Waals surface area contributed by atoms with Gasteiger partial charge in [0.15, 0.2) is 0 Å². The van der Waals surface area contributed by atoms with E-state index in [2.05, 4.69) is 5.32 Å². The topological polar surface area (TPSA) is 116 Å². The number of carbonyl (C=O) groups excluding carboxylic acids is 1. The van der Waals surface area contributed by atoms with Crippen LogP contribution in [0, 0.1) is 0 Å². The minimum absolute atomic E-state index is 0.103. The number of amides is 2. The third-order valence-corrected chi connectivity index (χ3v) is 5.71. The molecule has 0 spiro atoms. The minimum Gasteiger partial charge on any atom is -0.481 e. The van der Waals surface area contributed by atoms with Crippen molar-refractivity contribution in [2.75, 3.05) is 5.32 Å². The molecule has 0 radical (unpaired) electrons. The van der Waals surface area contributed by atoms with Gasteiger partial charge in [-0.2, -0.15) is 0 Å². The van der Waals surface area contributed by atoms with Gasteiger partial charge in [-0.3, -0.25) is 4.79 Å². The SMILES string of the molecule is O=C(O)Cc1cc(NC(=O)N(Cc2ccccc2)Cc2ccc(Oc3ccccc3)cc2)ccc1C(=O)O. The predicted octanol–water partition coefficient (Wildman–Crippen LogP) is 6.04. The van der Waals surface area contributed by atoms with Crippen molar-refractivity contribution in [3.05, 3.63) is 125 Å². The highest BCUT2D eigenvalue weighted by molar-refractivity contribution is 5.94. The van der Waals surface area contributed by atoms with Gasteiger partial charge in [0.1, 0.15) is 11.5 Å². The number of benzene rings is 4. The van der Waals surface area contributed by atoms with Crippen molar-refractivity contribution < 1.29 is 29.3 Å². The second-order valence-corrected chi connectivity index (χ2v) is 8.58. The Morgan fingerprint density at radius 3 is 1.89 bits per heavy atom. The predicted molar refractivity (Wildman–Crippen MR) is 142 cm³/mol. The molecule has 2 amide bonds. The number of anilines is 1. The second kappa shape index (κ2) is 12.2. The Balaban J connectivity index is 1.52. The number of carbonyl (C=O) groups is 3. The van der Waals surface area contributed by atoms with E-state index in [1.165, 1.54) is 18.2 Å². The van der Waals surface area contributed by atoms with Crippen LogP contribution < -0.4 is 10.1 Å². The van der Waals surface area contributed by atoms with Crippen LogP contribution in [0.25, 0.3) is 0 Å². The van der Waals surface area contributed by atoms with Crippen molar-refractivity contribution in [3.8, 4) is 11.5 Å². The monoisotopic (exact) mass is 510 g/mol. The van der Waals surface area contributed by atoms with E-state index >= 15 is 0 Å². The molecule has 4 aromatic carbocycles. The lowest BCUT2D eigenvalue weighted by Crippen LogP contribution is -2.34. The summed E-state index contributed by atoms with van der Waals surface area (Å²) in [6.45, 7) is 0.617. The van der Waals surface area contributed by atoms with Crippen molar-refractivity contribution in [3.63, 3.8) is 0 Å². The zero-order valence-corrected chi connectivity index (χ0v) is 20.4. The zero-order valence-electron chi connectivity index (χ0n) is 20.4. The van der Waals surface area contributed by atoms with Crippen LogP contribution in [0.5, 0.6) is 11.5 Å². The lowest BCUT2D eigenvalue weighted by molar-refractivity contribution is -0.136. The van der Waals surface area contributed by atoms with E-state index in [0.717, 1.165) is 16.9 Å². The highest BCUT2D eigenvalue weighted by Gasteiger charge is 2.18. The smallest absolute Gasteiger partial charge is 0.335 e. The molecule has 8 nitrogen and oxygen atoms in total. The first-order chi connectivity index (χ1) is 18.4. The molecule has 0 aromatic heterocycles. The van der Waals surface area contributed by atoms with Gasteiger partial charge in [0.05, 0.1) is 12.0 Å². The number of aromatic carboxylic acids is 1. The van der Waals surface area contributed by atoms with Crippen molar-refractivity contribution >= 4 is 23.7 Å². The van der Waals surface area contributed by atoms with Gasteiger partial charge < -0.3 is 25.2 Å². The van der Waals surface area contributed by atoms with Crippen LogP contribution in [0.4, 0.5) is 10.5 Å². The van der Waals surface area contributed by atoms with Crippen LogP contribution in [-0.2, 0) is 24.3 Å². The number of carboxylic acid groups (broad SMARTS) is 2. The molecule has 0 aliphatic heterocycles. The van der Waals surface area contributed by atoms with Crippen LogP contribution in [0.1, 0.15) is 27.0 Å². The third-order valence-electron chi connectivity index (χ3n) is 5.71. The lowest BCUT2D eigenvalue weighted by Gasteiger charge is -2.24. The highest BCUT2D eigenvalue weighted by Crippen LogP contribution is 2.23. The summed E-state index contributed by atoms with van der Waals surface area (Å²) in [5.41, 5.74) is 2.10. The van der Waals surface area contributed by atoms with E-state index in [9.17, 15) is 19.5 Å². The molecule has 0 bridgehead atoms. The van der Waals surface area contributed by atoms with E-state index < -0.39 is 24.4 Å². The normalized spacial score (nSPS) is 10.4. The number of hydrogen-bond donors (Lipinski definition) is 3. The molecule has 0 aliphatic carbocycles. The second-order valence-electron chi connectivity index (χ2n) is 8.58. The van der Waals surface area contributed by atoms with Crippen LogP contribution in [-0.4, -0.2) is 33.1 Å². The minimum atomic E-state index is -1.23. The molecular formula is C30H26N2O6. The summed E-state index contributed by atoms with van der Waals surface area (Å²) < 4.78 is 5.85. The molecule has 3 N–H and O–H groups in total. The molecular weight excluding hydrogens is 484 g/mol. The summed E-state index contributed by atoms with van der Waals surface area (Å²) in [6, 6.07) is 30.1. The number of rotatable bonds is 10. The molecule has 4 aromatic rings. The van der Waals surface area contributed by atoms with Gasteiger partial charge in [0.2, 0.25) is 0 Å². The Morgan fingerprint density at radius 1 is 0.711 bits per heavy atom. The summed E-state index contributed by atoms with van der Waals surface area (Å²) in [6.07, 6.45) is -0.476. The summed E-state index contributed by atoms with van der Waals surface area (Å²) in [5, 5.41) is 21.3. The molecule has 0 aliphatic rings. The van der Waals surface area contributed by atoms with Crippen LogP contribution in [0.15, 0.2) is 103 Å². The fraction of sp³-hybridized carbons (Fsp3) is 0.100. The van der Waals surface area contributed by atoms with Crippen molar-refractivity contribution in [2.24, 2.45) is 0 Å². The number of aliphatic carboxylic acids is 1. The average Bonchev–Trinajstić information content (AvgIpc) is 2.90. The Morgan fingerprint density at radius 2 is 1.29 bits per heavy atom. The van der Waals surface area contributed by atoms with Gasteiger partial charge in [0.25, 0.3) is 0 Å². The van der Waals surface area contributed by atoms with Crippen molar-refractivity contribution in [2.45, 2.75) is 19.5 Å². The molecule has 0 atom stereocenters. The average molecular weight is 511 g/mol. The van der Waals surface area contributed by atoms with Gasteiger partial charge in [-0.25, -0.2) is 9.59 Å². The number of urea groups is 1. The van der Waals surface area contributed by atoms with Crippen molar-refractivity contribution in [1.29, 1.82) is 0 Å². The quantitative estimate of drug-likeness (QED) is 0.240. The van der Waals surface area contributed by atoms with E-state index in [1.807, 2.05) is 84.9 Å². The van der Waals surface area contributed by atoms with Crippen molar-refractivity contribution in [1.82, 2.24) is 4.90 Å². The van der Waals surface area contributed by atoms with Gasteiger partial charge in [-0.1, -0.05) is 60.7 Å². The Bertz CT molecular complexity index is 1410. The zero-order chi connectivity index (χ0) is 26.9. The maximum atomic E-state index is 13.3. The third kappa shape index (κ3) is 7.20. The first-order valence-electron chi connectivity index (χ1n) is 11.9. The first kappa shape index (κ1) is 26.0. The molecule has 0 heterocycles. The summed E-state index contributed by atoms with van der Waals surface area (Å²) in [4.78, 5) is 37.7. The molecule has 38 heavy (non-hydrogen) atoms. The molecule has 0 unspecified atom stereocenters. The fourth-order valence-electron chi connectivity index (χ4n) is 3.90. The molecule has 192 valence electrons. The summed E-state index contributed by atoms with van der Waals surface area (Å²) in [5.74, 6) is -1.00. The largest absolute Gasteiger partial charge is 0.481 e. The van der Waals surface area contributed by atoms with E-state index in [4.69, 9.17) is 9.84 Å².